The van der Waals surface area contributed by atoms with Crippen molar-refractivity contribution >= 4 is 5.96 Å². The van der Waals surface area contributed by atoms with Crippen molar-refractivity contribution in [3.05, 3.63) is 0 Å². The van der Waals surface area contributed by atoms with Gasteiger partial charge in [0.05, 0.1) is 6.04 Å². The van der Waals surface area contributed by atoms with E-state index in [1.54, 1.807) is 0 Å². The predicted octanol–water partition coefficient (Wildman–Crippen LogP) is -0.206. The average molecular weight is 223 g/mol. The fourth-order valence-electron chi connectivity index (χ4n) is 2.91. The Kier molecular flexibility index (Phi) is 2.73. The van der Waals surface area contributed by atoms with Crippen LogP contribution in [-0.2, 0) is 0 Å². The first-order valence-corrected chi connectivity index (χ1v) is 6.42. The van der Waals surface area contributed by atoms with Gasteiger partial charge in [0.1, 0.15) is 0 Å². The van der Waals surface area contributed by atoms with Crippen LogP contribution in [0.25, 0.3) is 0 Å². The van der Waals surface area contributed by atoms with Crippen molar-refractivity contribution < 1.29 is 0 Å². The van der Waals surface area contributed by atoms with Crippen LogP contribution in [0.2, 0.25) is 0 Å². The van der Waals surface area contributed by atoms with Gasteiger partial charge < -0.3 is 5.32 Å². The van der Waals surface area contributed by atoms with Crippen LogP contribution in [-0.4, -0.2) is 42.1 Å². The number of nitrogens with one attached hydrogen (secondary N) is 2. The maximum atomic E-state index is 5.51. The second-order valence-electron chi connectivity index (χ2n) is 5.14. The van der Waals surface area contributed by atoms with Crippen molar-refractivity contribution in [2.24, 2.45) is 10.8 Å². The van der Waals surface area contributed by atoms with Gasteiger partial charge in [0, 0.05) is 18.6 Å². The number of fused-ring (bicyclic) bond motifs is 1. The van der Waals surface area contributed by atoms with Crippen LogP contribution < -0.4 is 16.6 Å². The summed E-state index contributed by atoms with van der Waals surface area (Å²) in [6.45, 7) is 2.47. The van der Waals surface area contributed by atoms with Crippen LogP contribution in [0, 0.1) is 0 Å². The molecule has 0 radical (unpaired) electrons. The lowest BCUT2D eigenvalue weighted by Crippen LogP contribution is -2.44. The van der Waals surface area contributed by atoms with Gasteiger partial charge in [-0.2, -0.15) is 0 Å². The zero-order chi connectivity index (χ0) is 11.0. The highest BCUT2D eigenvalue weighted by Gasteiger charge is 2.37. The van der Waals surface area contributed by atoms with Crippen molar-refractivity contribution in [3.8, 4) is 0 Å². The Morgan fingerprint density at radius 2 is 2.06 bits per heavy atom. The van der Waals surface area contributed by atoms with E-state index in [4.69, 9.17) is 10.8 Å². The molecule has 4 N–H and O–H groups in total. The Balaban J connectivity index is 1.64. The van der Waals surface area contributed by atoms with Gasteiger partial charge in [0.25, 0.3) is 0 Å². The number of guanidine groups is 1. The Morgan fingerprint density at radius 1 is 1.19 bits per heavy atom. The number of nitrogens with zero attached hydrogens (tertiary/aromatic N) is 2. The lowest BCUT2D eigenvalue weighted by Gasteiger charge is -2.18. The molecule has 3 aliphatic rings. The standard InChI is InChI=1S/C11H21N5/c12-15-11(13-8-3-4-8)14-9-5-7-16-6-1-2-10(9)16/h8-10H,1-7,12H2,(H2,13,14,15). The molecule has 0 aromatic heterocycles. The monoisotopic (exact) mass is 223 g/mol. The number of hydrogen-bond acceptors (Lipinski definition) is 3. The van der Waals surface area contributed by atoms with Gasteiger partial charge in [0.2, 0.25) is 5.96 Å². The van der Waals surface area contributed by atoms with Gasteiger partial charge in [-0.05, 0) is 38.6 Å². The maximum Gasteiger partial charge on any atom is 0.206 e. The zero-order valence-corrected chi connectivity index (χ0v) is 9.65. The Morgan fingerprint density at radius 3 is 2.81 bits per heavy atom. The lowest BCUT2D eigenvalue weighted by molar-refractivity contribution is 0.314. The third-order valence-corrected chi connectivity index (χ3v) is 3.92. The second-order valence-corrected chi connectivity index (χ2v) is 5.14. The van der Waals surface area contributed by atoms with E-state index in [-0.39, 0.29) is 0 Å². The summed E-state index contributed by atoms with van der Waals surface area (Å²) in [5.74, 6) is 6.30. The van der Waals surface area contributed by atoms with E-state index in [0.29, 0.717) is 18.1 Å². The van der Waals surface area contributed by atoms with Crippen LogP contribution in [0.15, 0.2) is 4.99 Å². The Labute approximate surface area is 96.4 Å². The summed E-state index contributed by atoms with van der Waals surface area (Å²) in [6.07, 6.45) is 6.32. The molecule has 0 spiro atoms. The molecule has 3 fully saturated rings. The van der Waals surface area contributed by atoms with Crippen molar-refractivity contribution in [2.75, 3.05) is 13.1 Å². The Bertz CT molecular complexity index is 286. The summed E-state index contributed by atoms with van der Waals surface area (Å²) in [5.41, 5.74) is 2.70. The molecule has 1 saturated carbocycles. The van der Waals surface area contributed by atoms with E-state index in [1.807, 2.05) is 0 Å². The minimum absolute atomic E-state index is 0.444. The van der Waals surface area contributed by atoms with Gasteiger partial charge in [-0.25, -0.2) is 10.8 Å². The van der Waals surface area contributed by atoms with E-state index in [9.17, 15) is 0 Å². The molecule has 3 rings (SSSR count). The summed E-state index contributed by atoms with van der Waals surface area (Å²) in [4.78, 5) is 7.31. The normalized spacial score (nSPS) is 35.2. The predicted molar refractivity (Wildman–Crippen MR) is 63.9 cm³/mol. The number of hydrogen-bond donors (Lipinski definition) is 3. The van der Waals surface area contributed by atoms with Crippen LogP contribution in [0.1, 0.15) is 32.1 Å². The van der Waals surface area contributed by atoms with E-state index in [0.717, 1.165) is 5.96 Å². The van der Waals surface area contributed by atoms with E-state index in [1.165, 1.54) is 45.2 Å². The molecule has 2 unspecified atom stereocenters. The lowest BCUT2D eigenvalue weighted by atomic mass is 10.1. The average Bonchev–Trinajstić information content (AvgIpc) is 2.85. The van der Waals surface area contributed by atoms with Crippen molar-refractivity contribution in [3.63, 3.8) is 0 Å². The molecule has 5 nitrogen and oxygen atoms in total. The van der Waals surface area contributed by atoms with Crippen LogP contribution in [0.3, 0.4) is 0 Å². The summed E-state index contributed by atoms with van der Waals surface area (Å²) >= 11 is 0. The molecule has 2 aliphatic heterocycles. The fourth-order valence-corrected chi connectivity index (χ4v) is 2.91. The topological polar surface area (TPSA) is 65.7 Å². The number of rotatable bonds is 2. The quantitative estimate of drug-likeness (QED) is 0.262. The van der Waals surface area contributed by atoms with E-state index < -0.39 is 0 Å². The van der Waals surface area contributed by atoms with Crippen molar-refractivity contribution in [2.45, 2.75) is 50.2 Å². The van der Waals surface area contributed by atoms with Gasteiger partial charge in [0.15, 0.2) is 0 Å². The summed E-state index contributed by atoms with van der Waals surface area (Å²) < 4.78 is 0. The molecular formula is C11H21N5. The summed E-state index contributed by atoms with van der Waals surface area (Å²) in [5, 5.41) is 3.34. The largest absolute Gasteiger partial charge is 0.353 e. The summed E-state index contributed by atoms with van der Waals surface area (Å²) in [7, 11) is 0. The molecule has 0 aromatic carbocycles. The second kappa shape index (κ2) is 4.22. The fraction of sp³-hybridized carbons (Fsp3) is 0.909. The van der Waals surface area contributed by atoms with E-state index >= 15 is 0 Å². The molecule has 2 heterocycles. The molecule has 0 aromatic rings. The molecule has 5 heteroatoms. The third-order valence-electron chi connectivity index (χ3n) is 3.92. The van der Waals surface area contributed by atoms with Crippen molar-refractivity contribution in [1.29, 1.82) is 0 Å². The minimum Gasteiger partial charge on any atom is -0.353 e. The molecule has 0 amide bonds. The van der Waals surface area contributed by atoms with Gasteiger partial charge in [-0.1, -0.05) is 0 Å². The first-order chi connectivity index (χ1) is 7.86. The highest BCUT2D eigenvalue weighted by molar-refractivity contribution is 5.80. The van der Waals surface area contributed by atoms with Crippen molar-refractivity contribution in [1.82, 2.24) is 15.6 Å². The van der Waals surface area contributed by atoms with Crippen LogP contribution in [0.5, 0.6) is 0 Å². The molecule has 16 heavy (non-hydrogen) atoms. The highest BCUT2D eigenvalue weighted by Crippen LogP contribution is 2.30. The number of nitrogens with two attached hydrogens (primary N) is 1. The first-order valence-electron chi connectivity index (χ1n) is 6.42. The molecule has 2 saturated heterocycles. The van der Waals surface area contributed by atoms with Crippen LogP contribution in [0.4, 0.5) is 0 Å². The van der Waals surface area contributed by atoms with Crippen LogP contribution >= 0.6 is 0 Å². The molecule has 2 atom stereocenters. The van der Waals surface area contributed by atoms with E-state index in [2.05, 4.69) is 15.6 Å². The number of aliphatic imine (C=N–C) groups is 1. The van der Waals surface area contributed by atoms with Gasteiger partial charge in [-0.3, -0.25) is 10.3 Å². The third kappa shape index (κ3) is 2.01. The molecule has 0 bridgehead atoms. The Hall–Kier alpha value is -0.810. The van der Waals surface area contributed by atoms with Gasteiger partial charge >= 0.3 is 0 Å². The molecular weight excluding hydrogens is 202 g/mol. The molecule has 90 valence electrons. The zero-order valence-electron chi connectivity index (χ0n) is 9.65. The SMILES string of the molecule is NNC(=NC1CCN2CCCC12)NC1CC1. The first kappa shape index (κ1) is 10.4. The molecule has 1 aliphatic carbocycles. The van der Waals surface area contributed by atoms with Gasteiger partial charge in [-0.15, -0.1) is 0 Å². The highest BCUT2D eigenvalue weighted by atomic mass is 15.4. The summed E-state index contributed by atoms with van der Waals surface area (Å²) in [6, 6.07) is 1.72. The smallest absolute Gasteiger partial charge is 0.206 e. The minimum atomic E-state index is 0.444. The number of hydrazine groups is 1. The maximum absolute atomic E-state index is 5.51.